The lowest BCUT2D eigenvalue weighted by molar-refractivity contribution is 0.0976. The third-order valence-corrected chi connectivity index (χ3v) is 6.14. The predicted octanol–water partition coefficient (Wildman–Crippen LogP) is 4.69. The van der Waals surface area contributed by atoms with Gasteiger partial charge in [-0.05, 0) is 30.4 Å². The van der Waals surface area contributed by atoms with Crippen LogP contribution in [0.1, 0.15) is 53.9 Å². The van der Waals surface area contributed by atoms with Crippen molar-refractivity contribution in [2.45, 2.75) is 45.4 Å². The molecule has 0 saturated heterocycles. The largest absolute Gasteiger partial charge is 0.293 e. The van der Waals surface area contributed by atoms with Crippen LogP contribution < -0.4 is 0 Å². The summed E-state index contributed by atoms with van der Waals surface area (Å²) in [6, 6.07) is 4.32. The van der Waals surface area contributed by atoms with Gasteiger partial charge in [0.2, 0.25) is 0 Å². The summed E-state index contributed by atoms with van der Waals surface area (Å²) < 4.78 is 0. The maximum Gasteiger partial charge on any atom is 0.174 e. The number of rotatable bonds is 1. The van der Waals surface area contributed by atoms with Crippen molar-refractivity contribution in [3.05, 3.63) is 27.6 Å². The Kier molecular flexibility index (Phi) is 3.10. The average Bonchev–Trinajstić information content (AvgIpc) is 2.94. The first-order chi connectivity index (χ1) is 8.95. The quantitative estimate of drug-likeness (QED) is 0.763. The van der Waals surface area contributed by atoms with Gasteiger partial charge in [-0.15, -0.1) is 22.7 Å². The lowest BCUT2D eigenvalue weighted by Crippen LogP contribution is -2.07. The van der Waals surface area contributed by atoms with Gasteiger partial charge in [-0.1, -0.05) is 20.8 Å². The van der Waals surface area contributed by atoms with Crippen LogP contribution in [0.2, 0.25) is 0 Å². The molecule has 2 nitrogen and oxygen atoms in total. The third kappa shape index (κ3) is 2.39. The molecule has 2 aromatic heterocycles. The summed E-state index contributed by atoms with van der Waals surface area (Å²) >= 11 is 3.36. The Labute approximate surface area is 121 Å². The Bertz CT molecular complexity index is 631. The molecule has 0 N–H and O–H groups in total. The van der Waals surface area contributed by atoms with E-state index in [0.717, 1.165) is 28.4 Å². The van der Waals surface area contributed by atoms with Crippen molar-refractivity contribution in [3.63, 3.8) is 0 Å². The van der Waals surface area contributed by atoms with Crippen molar-refractivity contribution in [1.29, 1.82) is 0 Å². The van der Waals surface area contributed by atoms with E-state index >= 15 is 0 Å². The summed E-state index contributed by atoms with van der Waals surface area (Å²) in [6.45, 7) is 6.66. The van der Waals surface area contributed by atoms with Crippen molar-refractivity contribution in [2.24, 2.45) is 0 Å². The SMILES string of the molecule is CC(C)(C)c1ccc(-c2nc3c(s2)C(=O)CCC3)s1. The van der Waals surface area contributed by atoms with Crippen molar-refractivity contribution in [3.8, 4) is 9.88 Å². The number of Topliss-reactive ketones (excluding diaryl/α,β-unsaturated/α-hetero) is 1. The highest BCUT2D eigenvalue weighted by Crippen LogP contribution is 2.38. The van der Waals surface area contributed by atoms with Crippen LogP contribution in [0.5, 0.6) is 0 Å². The number of nitrogens with zero attached hydrogens (tertiary/aromatic N) is 1. The molecule has 0 bridgehead atoms. The minimum absolute atomic E-state index is 0.176. The van der Waals surface area contributed by atoms with Gasteiger partial charge in [-0.3, -0.25) is 4.79 Å². The van der Waals surface area contributed by atoms with Crippen molar-refractivity contribution < 1.29 is 4.79 Å². The van der Waals surface area contributed by atoms with E-state index < -0.39 is 0 Å². The summed E-state index contributed by atoms with van der Waals surface area (Å²) in [7, 11) is 0. The maximum atomic E-state index is 11.9. The second-order valence-electron chi connectivity index (χ2n) is 5.99. The lowest BCUT2D eigenvalue weighted by atomic mass is 9.95. The van der Waals surface area contributed by atoms with E-state index in [2.05, 4.69) is 37.9 Å². The number of ketones is 1. The molecule has 0 atom stereocenters. The third-order valence-electron chi connectivity index (χ3n) is 3.32. The van der Waals surface area contributed by atoms with E-state index in [-0.39, 0.29) is 11.2 Å². The molecule has 2 heterocycles. The molecule has 0 aromatic carbocycles. The van der Waals surface area contributed by atoms with E-state index in [1.807, 2.05) is 0 Å². The molecule has 1 aliphatic carbocycles. The zero-order valence-electron chi connectivity index (χ0n) is 11.4. The van der Waals surface area contributed by atoms with Crippen LogP contribution in [0, 0.1) is 0 Å². The van der Waals surface area contributed by atoms with Gasteiger partial charge in [0.15, 0.2) is 5.78 Å². The summed E-state index contributed by atoms with van der Waals surface area (Å²) in [5.74, 6) is 0.276. The number of thiophene rings is 1. The first-order valence-corrected chi connectivity index (χ1v) is 8.22. The number of carbonyl (C=O) groups is 1. The molecular formula is C15H17NOS2. The van der Waals surface area contributed by atoms with Gasteiger partial charge in [0.1, 0.15) is 5.01 Å². The molecule has 0 aliphatic heterocycles. The van der Waals surface area contributed by atoms with Gasteiger partial charge in [0, 0.05) is 11.3 Å². The van der Waals surface area contributed by atoms with E-state index in [9.17, 15) is 4.79 Å². The van der Waals surface area contributed by atoms with Crippen LogP contribution in [0.3, 0.4) is 0 Å². The highest BCUT2D eigenvalue weighted by molar-refractivity contribution is 7.22. The Morgan fingerprint density at radius 2 is 1.95 bits per heavy atom. The second-order valence-corrected chi connectivity index (χ2v) is 8.07. The Morgan fingerprint density at radius 3 is 2.58 bits per heavy atom. The van der Waals surface area contributed by atoms with E-state index in [4.69, 9.17) is 0 Å². The molecule has 3 rings (SSSR count). The molecule has 0 fully saturated rings. The fraction of sp³-hybridized carbons (Fsp3) is 0.467. The minimum atomic E-state index is 0.176. The fourth-order valence-electron chi connectivity index (χ4n) is 2.23. The Hall–Kier alpha value is -1.00. The number of carbonyl (C=O) groups excluding carboxylic acids is 1. The van der Waals surface area contributed by atoms with E-state index in [1.165, 1.54) is 9.75 Å². The topological polar surface area (TPSA) is 30.0 Å². The summed E-state index contributed by atoms with van der Waals surface area (Å²) in [6.07, 6.45) is 2.59. The monoisotopic (exact) mass is 291 g/mol. The minimum Gasteiger partial charge on any atom is -0.293 e. The van der Waals surface area contributed by atoms with E-state index in [1.54, 1.807) is 22.7 Å². The van der Waals surface area contributed by atoms with Crippen LogP contribution in [0.4, 0.5) is 0 Å². The first-order valence-electron chi connectivity index (χ1n) is 6.59. The molecule has 0 saturated carbocycles. The fourth-order valence-corrected chi connectivity index (χ4v) is 4.43. The predicted molar refractivity (Wildman–Crippen MR) is 81.4 cm³/mol. The molecule has 0 spiro atoms. The molecule has 0 amide bonds. The summed E-state index contributed by atoms with van der Waals surface area (Å²) in [5.41, 5.74) is 1.19. The van der Waals surface area contributed by atoms with Gasteiger partial charge in [-0.2, -0.15) is 0 Å². The number of aromatic nitrogens is 1. The molecule has 4 heteroatoms. The first kappa shape index (κ1) is 13.0. The maximum absolute atomic E-state index is 11.9. The number of fused-ring (bicyclic) bond motifs is 1. The Morgan fingerprint density at radius 1 is 1.16 bits per heavy atom. The highest BCUT2D eigenvalue weighted by Gasteiger charge is 2.24. The van der Waals surface area contributed by atoms with Crippen molar-refractivity contribution in [2.75, 3.05) is 0 Å². The zero-order valence-corrected chi connectivity index (χ0v) is 13.1. The number of aryl methyl sites for hydroxylation is 1. The molecule has 1 aliphatic rings. The summed E-state index contributed by atoms with van der Waals surface area (Å²) in [5, 5.41) is 1.01. The van der Waals surface area contributed by atoms with Gasteiger partial charge >= 0.3 is 0 Å². The second kappa shape index (κ2) is 4.53. The van der Waals surface area contributed by atoms with Gasteiger partial charge in [-0.25, -0.2) is 4.98 Å². The van der Waals surface area contributed by atoms with Crippen molar-refractivity contribution in [1.82, 2.24) is 4.98 Å². The lowest BCUT2D eigenvalue weighted by Gasteiger charge is -2.15. The van der Waals surface area contributed by atoms with Crippen LogP contribution in [0.25, 0.3) is 9.88 Å². The molecular weight excluding hydrogens is 274 g/mol. The number of hydrogen-bond donors (Lipinski definition) is 0. The summed E-state index contributed by atoms with van der Waals surface area (Å²) in [4.78, 5) is 20.0. The van der Waals surface area contributed by atoms with Crippen LogP contribution >= 0.6 is 22.7 Å². The van der Waals surface area contributed by atoms with E-state index in [0.29, 0.717) is 6.42 Å². The van der Waals surface area contributed by atoms with Crippen LogP contribution in [-0.2, 0) is 11.8 Å². The molecule has 100 valence electrons. The molecule has 0 radical (unpaired) electrons. The van der Waals surface area contributed by atoms with Crippen LogP contribution in [-0.4, -0.2) is 10.8 Å². The molecule has 2 aromatic rings. The average molecular weight is 291 g/mol. The number of thiazole rings is 1. The number of hydrogen-bond acceptors (Lipinski definition) is 4. The van der Waals surface area contributed by atoms with Gasteiger partial charge < -0.3 is 0 Å². The van der Waals surface area contributed by atoms with Crippen molar-refractivity contribution >= 4 is 28.5 Å². The van der Waals surface area contributed by atoms with Gasteiger partial charge in [0.25, 0.3) is 0 Å². The van der Waals surface area contributed by atoms with Gasteiger partial charge in [0.05, 0.1) is 15.4 Å². The molecule has 0 unspecified atom stereocenters. The smallest absolute Gasteiger partial charge is 0.174 e. The standard InChI is InChI=1S/C15H17NOS2/c1-15(2,3)12-8-7-11(18-12)14-16-9-5-4-6-10(17)13(9)19-14/h7-8H,4-6H2,1-3H3. The molecule has 19 heavy (non-hydrogen) atoms. The normalized spacial score (nSPS) is 15.6. The van der Waals surface area contributed by atoms with Crippen LogP contribution in [0.15, 0.2) is 12.1 Å². The highest BCUT2D eigenvalue weighted by atomic mass is 32.1. The zero-order chi connectivity index (χ0) is 13.6. The Balaban J connectivity index is 1.99.